The van der Waals surface area contributed by atoms with Crippen LogP contribution in [0.5, 0.6) is 5.75 Å². The number of aromatic nitrogens is 2. The third-order valence-corrected chi connectivity index (χ3v) is 7.20. The smallest absolute Gasteiger partial charge is 0.271 e. The number of nitrogens with one attached hydrogen (secondary N) is 1. The number of ether oxygens (including phenoxy) is 1. The van der Waals surface area contributed by atoms with Crippen LogP contribution in [0.4, 0.5) is 0 Å². The minimum Gasteiger partial charge on any atom is -0.497 e. The first kappa shape index (κ1) is 21.1. The van der Waals surface area contributed by atoms with Crippen LogP contribution in [0.1, 0.15) is 28.5 Å². The lowest BCUT2D eigenvalue weighted by molar-refractivity contribution is 0.0948. The molecule has 0 bridgehead atoms. The van der Waals surface area contributed by atoms with Crippen molar-refractivity contribution in [3.8, 4) is 17.0 Å². The Labute approximate surface area is 182 Å². The molecule has 1 aromatic heterocycles. The van der Waals surface area contributed by atoms with Crippen LogP contribution in [0.15, 0.2) is 60.7 Å². The summed E-state index contributed by atoms with van der Waals surface area (Å²) in [5.74, 6) is 0.618. The predicted octanol–water partition coefficient (Wildman–Crippen LogP) is 2.89. The molecular formula is C23H25N3O4S. The van der Waals surface area contributed by atoms with Gasteiger partial charge in [-0.05, 0) is 48.7 Å². The van der Waals surface area contributed by atoms with E-state index >= 15 is 0 Å². The highest BCUT2D eigenvalue weighted by molar-refractivity contribution is 7.91. The molecular weight excluding hydrogens is 414 g/mol. The van der Waals surface area contributed by atoms with Crippen molar-refractivity contribution >= 4 is 15.7 Å². The first-order valence-electron chi connectivity index (χ1n) is 10.2. The summed E-state index contributed by atoms with van der Waals surface area (Å²) >= 11 is 0. The molecule has 162 valence electrons. The van der Waals surface area contributed by atoms with E-state index in [-0.39, 0.29) is 29.1 Å². The first-order valence-corrected chi connectivity index (χ1v) is 12.0. The van der Waals surface area contributed by atoms with E-state index in [0.29, 0.717) is 13.0 Å². The standard InChI is InChI=1S/C23H25N3O4S/c1-30-20-9-7-18(8-10-20)22-15-21(25-26(22)19-12-14-31(28,29)16-19)23(27)24-13-11-17-5-3-2-4-6-17/h2-10,15,19H,11-14,16H2,1H3,(H,24,27). The summed E-state index contributed by atoms with van der Waals surface area (Å²) < 4.78 is 31.0. The van der Waals surface area contributed by atoms with Gasteiger partial charge in [-0.15, -0.1) is 0 Å². The minimum absolute atomic E-state index is 0.0346. The maximum atomic E-state index is 12.7. The molecule has 3 aromatic rings. The van der Waals surface area contributed by atoms with Gasteiger partial charge in [0.1, 0.15) is 5.75 Å². The molecule has 8 heteroatoms. The quantitative estimate of drug-likeness (QED) is 0.611. The highest BCUT2D eigenvalue weighted by Gasteiger charge is 2.32. The van der Waals surface area contributed by atoms with Gasteiger partial charge in [-0.1, -0.05) is 30.3 Å². The molecule has 1 aliphatic rings. The fourth-order valence-corrected chi connectivity index (χ4v) is 5.48. The largest absolute Gasteiger partial charge is 0.497 e. The number of carbonyl (C=O) groups excluding carboxylic acids is 1. The number of hydrogen-bond donors (Lipinski definition) is 1. The van der Waals surface area contributed by atoms with Crippen LogP contribution >= 0.6 is 0 Å². The molecule has 1 amide bonds. The lowest BCUT2D eigenvalue weighted by atomic mass is 10.1. The number of amides is 1. The molecule has 1 saturated heterocycles. The summed E-state index contributed by atoms with van der Waals surface area (Å²) in [7, 11) is -1.49. The Morgan fingerprint density at radius 1 is 1.16 bits per heavy atom. The number of methoxy groups -OCH3 is 1. The lowest BCUT2D eigenvalue weighted by Gasteiger charge is -2.13. The second-order valence-electron chi connectivity index (χ2n) is 7.64. The summed E-state index contributed by atoms with van der Waals surface area (Å²) in [5.41, 5.74) is 2.99. The van der Waals surface area contributed by atoms with Gasteiger partial charge in [-0.25, -0.2) is 8.42 Å². The number of sulfone groups is 1. The van der Waals surface area contributed by atoms with Crippen LogP contribution in [0.3, 0.4) is 0 Å². The second kappa shape index (κ2) is 8.93. The van der Waals surface area contributed by atoms with E-state index in [0.717, 1.165) is 29.0 Å². The third-order valence-electron chi connectivity index (χ3n) is 5.45. The molecule has 0 saturated carbocycles. The summed E-state index contributed by atoms with van der Waals surface area (Å²) in [6, 6.07) is 18.8. The van der Waals surface area contributed by atoms with Crippen LogP contribution in [-0.4, -0.2) is 49.3 Å². The van der Waals surface area contributed by atoms with Gasteiger partial charge in [0.25, 0.3) is 5.91 Å². The number of carbonyl (C=O) groups is 1. The third kappa shape index (κ3) is 4.96. The molecule has 4 rings (SSSR count). The Morgan fingerprint density at radius 3 is 2.55 bits per heavy atom. The maximum absolute atomic E-state index is 12.7. The normalized spacial score (nSPS) is 17.4. The SMILES string of the molecule is COc1ccc(-c2cc(C(=O)NCCc3ccccc3)nn2C2CCS(=O)(=O)C2)cc1. The van der Waals surface area contributed by atoms with Gasteiger partial charge < -0.3 is 10.1 Å². The zero-order valence-corrected chi connectivity index (χ0v) is 18.1. The van der Waals surface area contributed by atoms with Crippen molar-refractivity contribution in [1.82, 2.24) is 15.1 Å². The number of benzene rings is 2. The summed E-state index contributed by atoms with van der Waals surface area (Å²) in [4.78, 5) is 12.7. The fraction of sp³-hybridized carbons (Fsp3) is 0.304. The van der Waals surface area contributed by atoms with Gasteiger partial charge in [-0.3, -0.25) is 9.48 Å². The van der Waals surface area contributed by atoms with E-state index in [2.05, 4.69) is 10.4 Å². The van der Waals surface area contributed by atoms with Crippen molar-refractivity contribution in [2.45, 2.75) is 18.9 Å². The van der Waals surface area contributed by atoms with Gasteiger partial charge >= 0.3 is 0 Å². The monoisotopic (exact) mass is 439 g/mol. The molecule has 2 heterocycles. The predicted molar refractivity (Wildman–Crippen MR) is 119 cm³/mol. The van der Waals surface area contributed by atoms with Crippen LogP contribution in [-0.2, 0) is 16.3 Å². The summed E-state index contributed by atoms with van der Waals surface area (Å²) in [6.45, 7) is 0.491. The zero-order chi connectivity index (χ0) is 21.8. The molecule has 0 aliphatic carbocycles. The molecule has 1 N–H and O–H groups in total. The average Bonchev–Trinajstić information content (AvgIpc) is 3.38. The van der Waals surface area contributed by atoms with E-state index in [1.54, 1.807) is 17.9 Å². The topological polar surface area (TPSA) is 90.3 Å². The highest BCUT2D eigenvalue weighted by atomic mass is 32.2. The van der Waals surface area contributed by atoms with Crippen molar-refractivity contribution in [2.24, 2.45) is 0 Å². The highest BCUT2D eigenvalue weighted by Crippen LogP contribution is 2.31. The van der Waals surface area contributed by atoms with Gasteiger partial charge in [0, 0.05) is 12.1 Å². The van der Waals surface area contributed by atoms with Crippen LogP contribution in [0.2, 0.25) is 0 Å². The first-order chi connectivity index (χ1) is 14.9. The van der Waals surface area contributed by atoms with Crippen molar-refractivity contribution in [1.29, 1.82) is 0 Å². The molecule has 2 aromatic carbocycles. The number of rotatable bonds is 7. The molecule has 1 aliphatic heterocycles. The van der Waals surface area contributed by atoms with Crippen molar-refractivity contribution in [3.63, 3.8) is 0 Å². The van der Waals surface area contributed by atoms with Gasteiger partial charge in [0.15, 0.2) is 15.5 Å². The van der Waals surface area contributed by atoms with E-state index in [1.165, 1.54) is 0 Å². The molecule has 0 radical (unpaired) electrons. The lowest BCUT2D eigenvalue weighted by Crippen LogP contribution is -2.26. The number of hydrogen-bond acceptors (Lipinski definition) is 5. The van der Waals surface area contributed by atoms with Crippen molar-refractivity contribution < 1.29 is 17.9 Å². The van der Waals surface area contributed by atoms with E-state index in [9.17, 15) is 13.2 Å². The Kier molecular flexibility index (Phi) is 6.08. The Balaban J connectivity index is 1.57. The number of nitrogens with zero attached hydrogens (tertiary/aromatic N) is 2. The molecule has 1 fully saturated rings. The van der Waals surface area contributed by atoms with Crippen molar-refractivity contribution in [2.75, 3.05) is 25.2 Å². The zero-order valence-electron chi connectivity index (χ0n) is 17.3. The minimum atomic E-state index is -3.09. The van der Waals surface area contributed by atoms with Crippen LogP contribution < -0.4 is 10.1 Å². The van der Waals surface area contributed by atoms with Crippen molar-refractivity contribution in [3.05, 3.63) is 71.9 Å². The van der Waals surface area contributed by atoms with E-state index < -0.39 is 9.84 Å². The van der Waals surface area contributed by atoms with E-state index in [1.807, 2.05) is 54.6 Å². The molecule has 1 unspecified atom stereocenters. The van der Waals surface area contributed by atoms with Crippen LogP contribution in [0.25, 0.3) is 11.3 Å². The fourth-order valence-electron chi connectivity index (χ4n) is 3.79. The average molecular weight is 440 g/mol. The molecule has 31 heavy (non-hydrogen) atoms. The van der Waals surface area contributed by atoms with Crippen LogP contribution in [0, 0.1) is 0 Å². The molecule has 1 atom stereocenters. The van der Waals surface area contributed by atoms with Gasteiger partial charge in [0.2, 0.25) is 0 Å². The Bertz CT molecular complexity index is 1160. The van der Waals surface area contributed by atoms with Gasteiger partial charge in [-0.2, -0.15) is 5.10 Å². The second-order valence-corrected chi connectivity index (χ2v) is 9.86. The Morgan fingerprint density at radius 2 is 1.90 bits per heavy atom. The summed E-state index contributed by atoms with van der Waals surface area (Å²) in [6.07, 6.45) is 1.21. The maximum Gasteiger partial charge on any atom is 0.271 e. The van der Waals surface area contributed by atoms with Gasteiger partial charge in [0.05, 0.1) is 30.4 Å². The Hall–Kier alpha value is -3.13. The molecule has 0 spiro atoms. The van der Waals surface area contributed by atoms with E-state index in [4.69, 9.17) is 4.74 Å². The molecule has 7 nitrogen and oxygen atoms in total. The summed E-state index contributed by atoms with van der Waals surface area (Å²) in [5, 5.41) is 7.42.